The van der Waals surface area contributed by atoms with Crippen molar-refractivity contribution in [1.82, 2.24) is 0 Å². The Morgan fingerprint density at radius 1 is 1.15 bits per heavy atom. The van der Waals surface area contributed by atoms with Crippen molar-refractivity contribution in [3.05, 3.63) is 46.7 Å². The lowest BCUT2D eigenvalue weighted by Gasteiger charge is -2.28. The fourth-order valence-electron chi connectivity index (χ4n) is 2.85. The van der Waals surface area contributed by atoms with Crippen molar-refractivity contribution in [2.24, 2.45) is 0 Å². The molecule has 1 aliphatic heterocycles. The Bertz CT molecular complexity index is 725. The number of esters is 1. The molecule has 0 radical (unpaired) electrons. The lowest BCUT2D eigenvalue weighted by molar-refractivity contribution is -0.147. The van der Waals surface area contributed by atoms with E-state index in [4.69, 9.17) is 9.47 Å². The van der Waals surface area contributed by atoms with Gasteiger partial charge in [-0.05, 0) is 48.6 Å². The number of amides is 1. The molecule has 3 rings (SSSR count). The fraction of sp³-hybridized carbons (Fsp3) is 0.400. The van der Waals surface area contributed by atoms with E-state index in [-0.39, 0.29) is 18.5 Å². The first-order valence-electron chi connectivity index (χ1n) is 9.11. The van der Waals surface area contributed by atoms with Gasteiger partial charge in [-0.15, -0.1) is 11.3 Å². The fourth-order valence-corrected chi connectivity index (χ4v) is 3.61. The molecule has 6 nitrogen and oxygen atoms in total. The molecule has 0 atom stereocenters. The summed E-state index contributed by atoms with van der Waals surface area (Å²) in [7, 11) is 0. The van der Waals surface area contributed by atoms with Crippen molar-refractivity contribution in [2.45, 2.75) is 19.3 Å². The third-order valence-corrected chi connectivity index (χ3v) is 5.21. The predicted molar refractivity (Wildman–Crippen MR) is 106 cm³/mol. The summed E-state index contributed by atoms with van der Waals surface area (Å²) in [5, 5.41) is 4.77. The van der Waals surface area contributed by atoms with E-state index in [1.54, 1.807) is 11.3 Å². The average Bonchev–Trinajstić information content (AvgIpc) is 3.21. The summed E-state index contributed by atoms with van der Waals surface area (Å²) in [6.45, 7) is 2.94. The van der Waals surface area contributed by atoms with E-state index in [0.29, 0.717) is 12.1 Å². The molecule has 0 saturated carbocycles. The number of aryl methyl sites for hydroxylation is 1. The average molecular weight is 388 g/mol. The molecule has 0 unspecified atom stereocenters. The SMILES string of the molecule is O=C(COC(=O)CCCc1cccs1)Nc1ccc(N2CCOCC2)cc1. The lowest BCUT2D eigenvalue weighted by atomic mass is 10.2. The number of carbonyl (C=O) groups is 2. The van der Waals surface area contributed by atoms with Gasteiger partial charge in [0.05, 0.1) is 13.2 Å². The first-order chi connectivity index (χ1) is 13.2. The van der Waals surface area contributed by atoms with E-state index in [1.165, 1.54) is 4.88 Å². The Kier molecular flexibility index (Phi) is 7.24. The number of hydrogen-bond donors (Lipinski definition) is 1. The van der Waals surface area contributed by atoms with E-state index in [2.05, 4.69) is 10.2 Å². The zero-order valence-corrected chi connectivity index (χ0v) is 16.0. The number of nitrogens with one attached hydrogen (secondary N) is 1. The number of carbonyl (C=O) groups excluding carboxylic acids is 2. The summed E-state index contributed by atoms with van der Waals surface area (Å²) < 4.78 is 10.4. The van der Waals surface area contributed by atoms with Crippen molar-refractivity contribution in [2.75, 3.05) is 43.1 Å². The molecule has 1 aliphatic rings. The minimum Gasteiger partial charge on any atom is -0.456 e. The molecular weight excluding hydrogens is 364 g/mol. The van der Waals surface area contributed by atoms with Gasteiger partial charge < -0.3 is 19.7 Å². The van der Waals surface area contributed by atoms with Crippen LogP contribution in [0.15, 0.2) is 41.8 Å². The summed E-state index contributed by atoms with van der Waals surface area (Å²) in [5.74, 6) is -0.676. The molecule has 1 aromatic carbocycles. The maximum Gasteiger partial charge on any atom is 0.306 e. The van der Waals surface area contributed by atoms with Crippen LogP contribution >= 0.6 is 11.3 Å². The summed E-state index contributed by atoms with van der Waals surface area (Å²) in [4.78, 5) is 27.2. The first kappa shape index (κ1) is 19.4. The minimum absolute atomic E-state index is 0.261. The summed E-state index contributed by atoms with van der Waals surface area (Å²) in [5.41, 5.74) is 1.79. The van der Waals surface area contributed by atoms with Crippen LogP contribution in [-0.2, 0) is 25.5 Å². The summed E-state index contributed by atoms with van der Waals surface area (Å²) >= 11 is 1.68. The molecule has 1 fully saturated rings. The monoisotopic (exact) mass is 388 g/mol. The van der Waals surface area contributed by atoms with Crippen molar-refractivity contribution < 1.29 is 19.1 Å². The Morgan fingerprint density at radius 3 is 2.63 bits per heavy atom. The van der Waals surface area contributed by atoms with Crippen molar-refractivity contribution in [3.63, 3.8) is 0 Å². The maximum atomic E-state index is 12.0. The molecular formula is C20H24N2O4S. The second-order valence-electron chi connectivity index (χ2n) is 6.29. The van der Waals surface area contributed by atoms with Crippen molar-refractivity contribution in [1.29, 1.82) is 0 Å². The lowest BCUT2D eigenvalue weighted by Crippen LogP contribution is -2.36. The van der Waals surface area contributed by atoms with Crippen molar-refractivity contribution >= 4 is 34.6 Å². The molecule has 1 aromatic heterocycles. The van der Waals surface area contributed by atoms with E-state index in [1.807, 2.05) is 41.8 Å². The third-order valence-electron chi connectivity index (χ3n) is 4.28. The number of ether oxygens (including phenoxy) is 2. The first-order valence-corrected chi connectivity index (χ1v) is 9.99. The largest absolute Gasteiger partial charge is 0.456 e. The Hall–Kier alpha value is -2.38. The quantitative estimate of drug-likeness (QED) is 0.704. The zero-order chi connectivity index (χ0) is 18.9. The highest BCUT2D eigenvalue weighted by Gasteiger charge is 2.12. The number of nitrogens with zero attached hydrogens (tertiary/aromatic N) is 1. The maximum absolute atomic E-state index is 12.0. The molecule has 2 heterocycles. The van der Waals surface area contributed by atoms with Crippen LogP contribution in [0.2, 0.25) is 0 Å². The van der Waals surface area contributed by atoms with Gasteiger partial charge >= 0.3 is 5.97 Å². The highest BCUT2D eigenvalue weighted by Crippen LogP contribution is 2.19. The van der Waals surface area contributed by atoms with Crippen LogP contribution in [0.1, 0.15) is 17.7 Å². The van der Waals surface area contributed by atoms with Crippen molar-refractivity contribution in [3.8, 4) is 0 Å². The standard InChI is InChI=1S/C20H24N2O4S/c23-19(15-26-20(24)5-1-3-18-4-2-14-27-18)21-16-6-8-17(9-7-16)22-10-12-25-13-11-22/h2,4,6-9,14H,1,3,5,10-13,15H2,(H,21,23). The molecule has 0 aliphatic carbocycles. The van der Waals surface area contributed by atoms with Crippen LogP contribution in [0, 0.1) is 0 Å². The highest BCUT2D eigenvalue weighted by atomic mass is 32.1. The van der Waals surface area contributed by atoms with Gasteiger partial charge in [0, 0.05) is 35.8 Å². The molecule has 1 saturated heterocycles. The van der Waals surface area contributed by atoms with Gasteiger partial charge in [-0.2, -0.15) is 0 Å². The van der Waals surface area contributed by atoms with Gasteiger partial charge in [0.25, 0.3) is 5.91 Å². The second-order valence-corrected chi connectivity index (χ2v) is 7.32. The molecule has 7 heteroatoms. The number of rotatable bonds is 8. The number of anilines is 2. The highest BCUT2D eigenvalue weighted by molar-refractivity contribution is 7.09. The van der Waals surface area contributed by atoms with Crippen LogP contribution in [0.4, 0.5) is 11.4 Å². The van der Waals surface area contributed by atoms with Crippen LogP contribution in [-0.4, -0.2) is 44.8 Å². The third kappa shape index (κ3) is 6.37. The smallest absolute Gasteiger partial charge is 0.306 e. The van der Waals surface area contributed by atoms with E-state index < -0.39 is 0 Å². The Balaban J connectivity index is 1.35. The molecule has 1 N–H and O–H groups in total. The topological polar surface area (TPSA) is 67.9 Å². The minimum atomic E-state index is -0.343. The number of thiophene rings is 1. The molecule has 0 bridgehead atoms. The molecule has 0 spiro atoms. The summed E-state index contributed by atoms with van der Waals surface area (Å²) in [6, 6.07) is 11.7. The van der Waals surface area contributed by atoms with Crippen LogP contribution in [0.25, 0.3) is 0 Å². The number of benzene rings is 1. The zero-order valence-electron chi connectivity index (χ0n) is 15.2. The normalized spacial score (nSPS) is 14.0. The van der Waals surface area contributed by atoms with Crippen LogP contribution in [0.3, 0.4) is 0 Å². The number of hydrogen-bond acceptors (Lipinski definition) is 6. The summed E-state index contributed by atoms with van der Waals surface area (Å²) in [6.07, 6.45) is 1.90. The molecule has 1 amide bonds. The van der Waals surface area contributed by atoms with Gasteiger partial charge in [0.1, 0.15) is 0 Å². The predicted octanol–water partition coefficient (Wildman–Crippen LogP) is 3.09. The van der Waals surface area contributed by atoms with Gasteiger partial charge in [0.15, 0.2) is 6.61 Å². The van der Waals surface area contributed by atoms with Gasteiger partial charge in [-0.25, -0.2) is 0 Å². The molecule has 144 valence electrons. The van der Waals surface area contributed by atoms with E-state index in [0.717, 1.165) is 44.8 Å². The van der Waals surface area contributed by atoms with Crippen LogP contribution in [0.5, 0.6) is 0 Å². The molecule has 27 heavy (non-hydrogen) atoms. The Morgan fingerprint density at radius 2 is 1.93 bits per heavy atom. The molecule has 2 aromatic rings. The van der Waals surface area contributed by atoms with Gasteiger partial charge in [-0.3, -0.25) is 9.59 Å². The Labute approximate surface area is 163 Å². The van der Waals surface area contributed by atoms with Gasteiger partial charge in [0.2, 0.25) is 0 Å². The van der Waals surface area contributed by atoms with E-state index in [9.17, 15) is 9.59 Å². The number of morpholine rings is 1. The second kappa shape index (κ2) is 10.1. The van der Waals surface area contributed by atoms with Crippen LogP contribution < -0.4 is 10.2 Å². The van der Waals surface area contributed by atoms with E-state index >= 15 is 0 Å². The van der Waals surface area contributed by atoms with Gasteiger partial charge in [-0.1, -0.05) is 6.07 Å².